The topological polar surface area (TPSA) is 128 Å². The molecule has 0 saturated heterocycles. The van der Waals surface area contributed by atoms with E-state index in [0.29, 0.717) is 18.1 Å². The summed E-state index contributed by atoms with van der Waals surface area (Å²) in [6.07, 6.45) is 7.53. The van der Waals surface area contributed by atoms with Gasteiger partial charge in [0.25, 0.3) is 6.47 Å². The van der Waals surface area contributed by atoms with Gasteiger partial charge in [-0.15, -0.1) is 5.10 Å². The number of carboxylic acid groups (broad SMARTS) is 1. The molecule has 1 aromatic carbocycles. The number of halogens is 1. The molecular formula is C16H16ClN7O2. The Morgan fingerprint density at radius 3 is 2.85 bits per heavy atom. The van der Waals surface area contributed by atoms with Crippen LogP contribution in [0.2, 0.25) is 5.02 Å². The average molecular weight is 374 g/mol. The van der Waals surface area contributed by atoms with Gasteiger partial charge in [-0.05, 0) is 12.1 Å². The lowest BCUT2D eigenvalue weighted by Crippen LogP contribution is -2.10. The van der Waals surface area contributed by atoms with Crippen molar-refractivity contribution in [3.63, 3.8) is 0 Å². The van der Waals surface area contributed by atoms with Crippen LogP contribution in [0.4, 0.5) is 0 Å². The van der Waals surface area contributed by atoms with Crippen molar-refractivity contribution in [3.8, 4) is 16.9 Å². The number of H-pyrrole nitrogens is 1. The molecule has 10 heteroatoms. The molecule has 0 aliphatic carbocycles. The van der Waals surface area contributed by atoms with Gasteiger partial charge in [-0.25, -0.2) is 4.68 Å². The van der Waals surface area contributed by atoms with Gasteiger partial charge in [-0.2, -0.15) is 5.10 Å². The van der Waals surface area contributed by atoms with Gasteiger partial charge in [0.05, 0.1) is 24.5 Å². The Hall–Kier alpha value is -3.17. The first-order chi connectivity index (χ1) is 12.7. The highest BCUT2D eigenvalue weighted by Crippen LogP contribution is 2.33. The zero-order chi connectivity index (χ0) is 18.5. The van der Waals surface area contributed by atoms with Gasteiger partial charge >= 0.3 is 0 Å². The van der Waals surface area contributed by atoms with E-state index in [-0.39, 0.29) is 6.47 Å². The van der Waals surface area contributed by atoms with Crippen molar-refractivity contribution < 1.29 is 9.90 Å². The van der Waals surface area contributed by atoms with Gasteiger partial charge in [0.2, 0.25) is 0 Å². The SMILES string of the molecule is NCCn1cc(-n2cc(-c3cn[nH]c3)c3ccc(Cl)cc32)nn1.O=CO. The van der Waals surface area contributed by atoms with Crippen LogP contribution in [-0.4, -0.2) is 47.9 Å². The highest BCUT2D eigenvalue weighted by molar-refractivity contribution is 6.31. The lowest BCUT2D eigenvalue weighted by molar-refractivity contribution is -0.122. The second-order valence-corrected chi connectivity index (χ2v) is 5.73. The third-order valence-electron chi connectivity index (χ3n) is 3.71. The summed E-state index contributed by atoms with van der Waals surface area (Å²) >= 11 is 6.18. The van der Waals surface area contributed by atoms with E-state index in [2.05, 4.69) is 20.5 Å². The number of hydrogen-bond acceptors (Lipinski definition) is 5. The number of nitrogens with one attached hydrogen (secondary N) is 1. The molecule has 0 fully saturated rings. The predicted molar refractivity (Wildman–Crippen MR) is 97.2 cm³/mol. The smallest absolute Gasteiger partial charge is 0.290 e. The summed E-state index contributed by atoms with van der Waals surface area (Å²) in [6.45, 7) is 0.892. The van der Waals surface area contributed by atoms with Crippen LogP contribution in [0.5, 0.6) is 0 Å². The van der Waals surface area contributed by atoms with Crippen LogP contribution in [-0.2, 0) is 11.3 Å². The molecule has 4 aromatic rings. The first kappa shape index (κ1) is 17.6. The zero-order valence-electron chi connectivity index (χ0n) is 13.6. The lowest BCUT2D eigenvalue weighted by Gasteiger charge is -2.00. The molecule has 0 spiro atoms. The van der Waals surface area contributed by atoms with Crippen molar-refractivity contribution in [2.75, 3.05) is 6.54 Å². The molecule has 0 aliphatic heterocycles. The molecule has 4 N–H and O–H groups in total. The average Bonchev–Trinajstić information content (AvgIpc) is 3.34. The Kier molecular flexibility index (Phi) is 5.30. The fourth-order valence-corrected chi connectivity index (χ4v) is 2.82. The Balaban J connectivity index is 0.000000613. The van der Waals surface area contributed by atoms with E-state index < -0.39 is 0 Å². The maximum Gasteiger partial charge on any atom is 0.290 e. The number of nitrogens with two attached hydrogens (primary N) is 1. The number of carbonyl (C=O) groups is 1. The van der Waals surface area contributed by atoms with E-state index in [1.54, 1.807) is 10.9 Å². The van der Waals surface area contributed by atoms with E-state index in [1.165, 1.54) is 0 Å². The van der Waals surface area contributed by atoms with Crippen LogP contribution < -0.4 is 5.73 Å². The molecule has 26 heavy (non-hydrogen) atoms. The van der Waals surface area contributed by atoms with E-state index in [9.17, 15) is 0 Å². The standard InChI is InChI=1S/C15H14ClN7.CH2O2/c16-11-1-2-12-13(10-6-18-19-7-10)8-23(14(12)5-11)15-9-22(4-3-17)21-20-15;2-1-3/h1-2,5-9H,3-4,17H2,(H,18,19);1H,(H,2,3). The van der Waals surface area contributed by atoms with Crippen molar-refractivity contribution >= 4 is 29.0 Å². The molecule has 0 atom stereocenters. The number of rotatable bonds is 4. The van der Waals surface area contributed by atoms with Crippen LogP contribution in [0.3, 0.4) is 0 Å². The molecule has 0 bridgehead atoms. The van der Waals surface area contributed by atoms with Crippen molar-refractivity contribution in [3.05, 3.63) is 48.0 Å². The minimum atomic E-state index is -0.250. The number of fused-ring (bicyclic) bond motifs is 1. The summed E-state index contributed by atoms with van der Waals surface area (Å²) in [6, 6.07) is 5.80. The van der Waals surface area contributed by atoms with E-state index >= 15 is 0 Å². The highest BCUT2D eigenvalue weighted by atomic mass is 35.5. The third-order valence-corrected chi connectivity index (χ3v) is 3.94. The Bertz CT molecular complexity index is 1010. The molecule has 0 unspecified atom stereocenters. The minimum Gasteiger partial charge on any atom is -0.483 e. The molecule has 4 rings (SSSR count). The summed E-state index contributed by atoms with van der Waals surface area (Å²) in [5.74, 6) is 0.723. The molecule has 0 saturated carbocycles. The molecule has 9 nitrogen and oxygen atoms in total. The van der Waals surface area contributed by atoms with Crippen molar-refractivity contribution in [2.45, 2.75) is 6.54 Å². The number of benzene rings is 1. The van der Waals surface area contributed by atoms with Gasteiger partial charge in [0.15, 0.2) is 5.82 Å². The van der Waals surface area contributed by atoms with Crippen LogP contribution in [0, 0.1) is 0 Å². The minimum absolute atomic E-state index is 0.250. The molecule has 3 aromatic heterocycles. The Morgan fingerprint density at radius 1 is 1.35 bits per heavy atom. The van der Waals surface area contributed by atoms with Crippen LogP contribution >= 0.6 is 11.6 Å². The van der Waals surface area contributed by atoms with Gasteiger partial charge in [0, 0.05) is 40.5 Å². The van der Waals surface area contributed by atoms with E-state index in [1.807, 2.05) is 41.4 Å². The van der Waals surface area contributed by atoms with Crippen molar-refractivity contribution in [1.82, 2.24) is 29.8 Å². The van der Waals surface area contributed by atoms with Gasteiger partial charge < -0.3 is 10.8 Å². The monoisotopic (exact) mass is 373 g/mol. The van der Waals surface area contributed by atoms with Crippen LogP contribution in [0.15, 0.2) is 43.0 Å². The summed E-state index contributed by atoms with van der Waals surface area (Å²) in [4.78, 5) is 8.36. The largest absolute Gasteiger partial charge is 0.483 e. The second-order valence-electron chi connectivity index (χ2n) is 5.30. The summed E-state index contributed by atoms with van der Waals surface area (Å²) < 4.78 is 3.70. The zero-order valence-corrected chi connectivity index (χ0v) is 14.3. The highest BCUT2D eigenvalue weighted by Gasteiger charge is 2.14. The predicted octanol–water partition coefficient (Wildman–Crippen LogP) is 1.92. The maximum absolute atomic E-state index is 8.36. The van der Waals surface area contributed by atoms with E-state index in [4.69, 9.17) is 27.2 Å². The molecule has 134 valence electrons. The van der Waals surface area contributed by atoms with Gasteiger partial charge in [0.1, 0.15) is 0 Å². The second kappa shape index (κ2) is 7.81. The Labute approximate surface area is 153 Å². The van der Waals surface area contributed by atoms with Gasteiger partial charge in [-0.3, -0.25) is 14.5 Å². The summed E-state index contributed by atoms with van der Waals surface area (Å²) in [5, 5.41) is 23.8. The summed E-state index contributed by atoms with van der Waals surface area (Å²) in [5.41, 5.74) is 8.59. The number of aromatic amines is 1. The maximum atomic E-state index is 8.36. The normalized spacial score (nSPS) is 10.5. The number of hydrogen-bond donors (Lipinski definition) is 3. The molecule has 0 aliphatic rings. The molecule has 0 amide bonds. The van der Waals surface area contributed by atoms with Gasteiger partial charge in [-0.1, -0.05) is 22.9 Å². The number of aromatic nitrogens is 6. The van der Waals surface area contributed by atoms with Crippen LogP contribution in [0.1, 0.15) is 0 Å². The molecule has 3 heterocycles. The molecular weight excluding hydrogens is 358 g/mol. The molecule has 0 radical (unpaired) electrons. The number of nitrogens with zero attached hydrogens (tertiary/aromatic N) is 5. The first-order valence-corrected chi connectivity index (χ1v) is 8.04. The fraction of sp³-hybridized carbons (Fsp3) is 0.125. The third kappa shape index (κ3) is 3.44. The Morgan fingerprint density at radius 2 is 2.15 bits per heavy atom. The van der Waals surface area contributed by atoms with Crippen molar-refractivity contribution in [1.29, 1.82) is 0 Å². The fourth-order valence-electron chi connectivity index (χ4n) is 2.66. The quantitative estimate of drug-likeness (QED) is 0.469. The lowest BCUT2D eigenvalue weighted by atomic mass is 10.1. The van der Waals surface area contributed by atoms with Crippen molar-refractivity contribution in [2.24, 2.45) is 5.73 Å². The van der Waals surface area contributed by atoms with Crippen LogP contribution in [0.25, 0.3) is 27.8 Å². The first-order valence-electron chi connectivity index (χ1n) is 7.66. The summed E-state index contributed by atoms with van der Waals surface area (Å²) in [7, 11) is 0. The van der Waals surface area contributed by atoms with E-state index in [0.717, 1.165) is 27.8 Å².